The van der Waals surface area contributed by atoms with E-state index >= 15 is 0 Å². The Hall–Kier alpha value is -1.06. The Bertz CT molecular complexity index is 436. The van der Waals surface area contributed by atoms with E-state index in [1.807, 2.05) is 18.9 Å². The molecule has 1 aliphatic carbocycles. The molecule has 0 spiro atoms. The van der Waals surface area contributed by atoms with Crippen LogP contribution < -0.4 is 5.73 Å². The van der Waals surface area contributed by atoms with Crippen LogP contribution in [-0.2, 0) is 17.6 Å². The van der Waals surface area contributed by atoms with Crippen LogP contribution in [0.3, 0.4) is 0 Å². The predicted octanol–water partition coefficient (Wildman–Crippen LogP) is 2.02. The van der Waals surface area contributed by atoms with Gasteiger partial charge in [0.1, 0.15) is 0 Å². The van der Waals surface area contributed by atoms with Gasteiger partial charge in [0, 0.05) is 25.6 Å². The maximum atomic E-state index is 12.1. The topological polar surface area (TPSA) is 46.3 Å². The number of rotatable bonds is 3. The minimum atomic E-state index is -0.0767. The summed E-state index contributed by atoms with van der Waals surface area (Å²) in [5.74, 6) is 0.0917. The number of carbonyl (C=O) groups is 1. The van der Waals surface area contributed by atoms with Crippen molar-refractivity contribution >= 4 is 18.3 Å². The fourth-order valence-electron chi connectivity index (χ4n) is 2.64. The van der Waals surface area contributed by atoms with Crippen LogP contribution in [0.2, 0.25) is 0 Å². The smallest absolute Gasteiger partial charge is 0.226 e. The van der Waals surface area contributed by atoms with Crippen LogP contribution in [-0.4, -0.2) is 30.4 Å². The van der Waals surface area contributed by atoms with Gasteiger partial charge in [-0.05, 0) is 30.4 Å². The largest absolute Gasteiger partial charge is 0.342 e. The molecule has 0 saturated heterocycles. The Morgan fingerprint density at radius 1 is 1.42 bits per heavy atom. The molecule has 1 aliphatic rings. The van der Waals surface area contributed by atoms with E-state index in [1.165, 1.54) is 11.1 Å². The molecule has 2 N–H and O–H groups in total. The summed E-state index contributed by atoms with van der Waals surface area (Å²) < 4.78 is 0. The lowest BCUT2D eigenvalue weighted by atomic mass is 9.87. The van der Waals surface area contributed by atoms with Crippen LogP contribution in [0, 0.1) is 5.92 Å². The number of amides is 1. The Morgan fingerprint density at radius 2 is 2.05 bits per heavy atom. The number of nitrogens with zero attached hydrogens (tertiary/aromatic N) is 1. The number of nitrogens with two attached hydrogens (primary N) is 1. The third-order valence-electron chi connectivity index (χ3n) is 3.99. The second-order valence-corrected chi connectivity index (χ2v) is 5.25. The minimum absolute atomic E-state index is 0. The van der Waals surface area contributed by atoms with E-state index < -0.39 is 0 Å². The van der Waals surface area contributed by atoms with E-state index in [2.05, 4.69) is 24.3 Å². The highest BCUT2D eigenvalue weighted by Crippen LogP contribution is 2.24. The van der Waals surface area contributed by atoms with Crippen LogP contribution >= 0.6 is 12.4 Å². The number of benzene rings is 1. The van der Waals surface area contributed by atoms with Gasteiger partial charge in [0.2, 0.25) is 5.91 Å². The second-order valence-electron chi connectivity index (χ2n) is 5.25. The fraction of sp³-hybridized carbons (Fsp3) is 0.533. The summed E-state index contributed by atoms with van der Waals surface area (Å²) in [5.41, 5.74) is 8.38. The highest BCUT2D eigenvalue weighted by Gasteiger charge is 2.26. The number of hydrogen-bond acceptors (Lipinski definition) is 2. The molecule has 106 valence electrons. The Labute approximate surface area is 121 Å². The van der Waals surface area contributed by atoms with Crippen molar-refractivity contribution in [1.82, 2.24) is 4.90 Å². The first-order valence-corrected chi connectivity index (χ1v) is 6.67. The molecule has 2 rings (SSSR count). The highest BCUT2D eigenvalue weighted by atomic mass is 35.5. The summed E-state index contributed by atoms with van der Waals surface area (Å²) in [6.45, 7) is 2.32. The van der Waals surface area contributed by atoms with E-state index in [4.69, 9.17) is 5.73 Å². The van der Waals surface area contributed by atoms with Gasteiger partial charge in [-0.15, -0.1) is 12.4 Å². The SMILES string of the molecule is CC(CN)C(=O)N(C)C1CCc2ccccc2C1.Cl. The van der Waals surface area contributed by atoms with Gasteiger partial charge in [-0.25, -0.2) is 0 Å². The zero-order chi connectivity index (χ0) is 13.1. The van der Waals surface area contributed by atoms with E-state index in [9.17, 15) is 4.79 Å². The molecular weight excluding hydrogens is 260 g/mol. The first-order valence-electron chi connectivity index (χ1n) is 6.67. The van der Waals surface area contributed by atoms with Gasteiger partial charge in [0.25, 0.3) is 0 Å². The maximum absolute atomic E-state index is 12.1. The molecule has 1 aromatic rings. The standard InChI is InChI=1S/C15H22N2O.ClH/c1-11(10-16)15(18)17(2)14-8-7-12-5-3-4-6-13(12)9-14;/h3-6,11,14H,7-10,16H2,1-2H3;1H. The molecule has 19 heavy (non-hydrogen) atoms. The van der Waals surface area contributed by atoms with Crippen LogP contribution in [0.5, 0.6) is 0 Å². The van der Waals surface area contributed by atoms with Gasteiger partial charge in [-0.1, -0.05) is 31.2 Å². The quantitative estimate of drug-likeness (QED) is 0.922. The van der Waals surface area contributed by atoms with Gasteiger partial charge < -0.3 is 10.6 Å². The van der Waals surface area contributed by atoms with Crippen molar-refractivity contribution in [2.24, 2.45) is 11.7 Å². The third kappa shape index (κ3) is 3.48. The first-order chi connectivity index (χ1) is 8.63. The van der Waals surface area contributed by atoms with Crippen molar-refractivity contribution < 1.29 is 4.79 Å². The summed E-state index contributed by atoms with van der Waals surface area (Å²) in [6.07, 6.45) is 3.09. The second kappa shape index (κ2) is 6.92. The van der Waals surface area contributed by atoms with Crippen molar-refractivity contribution in [2.75, 3.05) is 13.6 Å². The zero-order valence-electron chi connectivity index (χ0n) is 11.6. The lowest BCUT2D eigenvalue weighted by Gasteiger charge is -2.33. The third-order valence-corrected chi connectivity index (χ3v) is 3.99. The van der Waals surface area contributed by atoms with Gasteiger partial charge in [-0.3, -0.25) is 4.79 Å². The molecule has 0 saturated carbocycles. The summed E-state index contributed by atoms with van der Waals surface area (Å²) in [5, 5.41) is 0. The molecule has 1 amide bonds. The number of hydrogen-bond donors (Lipinski definition) is 1. The molecule has 2 unspecified atom stereocenters. The predicted molar refractivity (Wildman–Crippen MR) is 80.5 cm³/mol. The first kappa shape index (κ1) is 16.0. The number of carbonyl (C=O) groups excluding carboxylic acids is 1. The Kier molecular flexibility index (Phi) is 5.83. The maximum Gasteiger partial charge on any atom is 0.226 e. The van der Waals surface area contributed by atoms with Crippen molar-refractivity contribution in [2.45, 2.75) is 32.2 Å². The normalized spacial score (nSPS) is 19.0. The zero-order valence-corrected chi connectivity index (χ0v) is 12.5. The van der Waals surface area contributed by atoms with Crippen LogP contribution in [0.15, 0.2) is 24.3 Å². The van der Waals surface area contributed by atoms with Crippen LogP contribution in [0.1, 0.15) is 24.5 Å². The van der Waals surface area contributed by atoms with Gasteiger partial charge in [-0.2, -0.15) is 0 Å². The van der Waals surface area contributed by atoms with Gasteiger partial charge in [0.15, 0.2) is 0 Å². The summed E-state index contributed by atoms with van der Waals surface area (Å²) >= 11 is 0. The molecule has 0 radical (unpaired) electrons. The van der Waals surface area contributed by atoms with Gasteiger partial charge >= 0.3 is 0 Å². The molecule has 0 aromatic heterocycles. The molecule has 4 heteroatoms. The van der Waals surface area contributed by atoms with Crippen molar-refractivity contribution in [3.8, 4) is 0 Å². The summed E-state index contributed by atoms with van der Waals surface area (Å²) in [6, 6.07) is 8.85. The molecule has 3 nitrogen and oxygen atoms in total. The van der Waals surface area contributed by atoms with Crippen molar-refractivity contribution in [3.63, 3.8) is 0 Å². The highest BCUT2D eigenvalue weighted by molar-refractivity contribution is 5.85. The molecule has 2 atom stereocenters. The molecule has 0 aliphatic heterocycles. The number of aryl methyl sites for hydroxylation is 1. The van der Waals surface area contributed by atoms with Crippen LogP contribution in [0.4, 0.5) is 0 Å². The monoisotopic (exact) mass is 282 g/mol. The van der Waals surface area contributed by atoms with E-state index in [0.29, 0.717) is 12.6 Å². The average Bonchev–Trinajstić information content (AvgIpc) is 2.44. The molecule has 1 aromatic carbocycles. The molecule has 0 fully saturated rings. The number of likely N-dealkylation sites (N-methyl/N-ethyl adjacent to an activating group) is 1. The van der Waals surface area contributed by atoms with E-state index in [-0.39, 0.29) is 24.2 Å². The Balaban J connectivity index is 0.00000180. The van der Waals surface area contributed by atoms with Crippen LogP contribution in [0.25, 0.3) is 0 Å². The molecular formula is C15H23ClN2O. The number of halogens is 1. The van der Waals surface area contributed by atoms with Crippen molar-refractivity contribution in [3.05, 3.63) is 35.4 Å². The summed E-state index contributed by atoms with van der Waals surface area (Å²) in [7, 11) is 1.91. The van der Waals surface area contributed by atoms with Crippen molar-refractivity contribution in [1.29, 1.82) is 0 Å². The lowest BCUT2D eigenvalue weighted by molar-refractivity contribution is -0.135. The average molecular weight is 283 g/mol. The summed E-state index contributed by atoms with van der Waals surface area (Å²) in [4.78, 5) is 14.0. The lowest BCUT2D eigenvalue weighted by Crippen LogP contribution is -2.44. The Morgan fingerprint density at radius 3 is 2.68 bits per heavy atom. The number of fused-ring (bicyclic) bond motifs is 1. The fourth-order valence-corrected chi connectivity index (χ4v) is 2.64. The van der Waals surface area contributed by atoms with E-state index in [1.54, 1.807) is 0 Å². The molecule has 0 bridgehead atoms. The van der Waals surface area contributed by atoms with E-state index in [0.717, 1.165) is 19.3 Å². The minimum Gasteiger partial charge on any atom is -0.342 e. The molecule has 0 heterocycles. The van der Waals surface area contributed by atoms with Gasteiger partial charge in [0.05, 0.1) is 0 Å².